The van der Waals surface area contributed by atoms with Crippen molar-refractivity contribution in [3.05, 3.63) is 76.6 Å². The van der Waals surface area contributed by atoms with Crippen molar-refractivity contribution in [3.63, 3.8) is 0 Å². The van der Waals surface area contributed by atoms with Crippen LogP contribution in [0.3, 0.4) is 0 Å². The van der Waals surface area contributed by atoms with E-state index < -0.39 is 0 Å². The number of hydrogen-bond donors (Lipinski definition) is 2. The fourth-order valence-electron chi connectivity index (χ4n) is 2.58. The molecule has 0 aliphatic heterocycles. The molecule has 2 N–H and O–H groups in total. The van der Waals surface area contributed by atoms with Crippen molar-refractivity contribution in [2.75, 3.05) is 5.32 Å². The van der Waals surface area contributed by atoms with Crippen molar-refractivity contribution in [1.29, 1.82) is 0 Å². The van der Waals surface area contributed by atoms with Crippen molar-refractivity contribution >= 4 is 11.6 Å². The molecule has 0 atom stereocenters. The van der Waals surface area contributed by atoms with Gasteiger partial charge in [-0.05, 0) is 43.2 Å². The van der Waals surface area contributed by atoms with Gasteiger partial charge < -0.3 is 5.32 Å². The van der Waals surface area contributed by atoms with E-state index in [1.807, 2.05) is 32.0 Å². The molecule has 0 aliphatic carbocycles. The standard InChI is InChI=1S/C19H19FN4O/c1-12-3-8-16(13(2)9-12)21-19(25)11-18-22-17(23-24-18)10-14-4-6-15(20)7-5-14/h3-9H,10-11H2,1-2H3,(H,21,25)(H,22,23,24). The van der Waals surface area contributed by atoms with E-state index in [1.165, 1.54) is 12.1 Å². The highest BCUT2D eigenvalue weighted by Gasteiger charge is 2.11. The Morgan fingerprint density at radius 2 is 1.92 bits per heavy atom. The Hall–Kier alpha value is -3.02. The number of halogens is 1. The maximum Gasteiger partial charge on any atom is 0.232 e. The average molecular weight is 338 g/mol. The highest BCUT2D eigenvalue weighted by molar-refractivity contribution is 5.92. The number of nitrogens with zero attached hydrogens (tertiary/aromatic N) is 2. The lowest BCUT2D eigenvalue weighted by molar-refractivity contribution is -0.115. The second kappa shape index (κ2) is 7.25. The third kappa shape index (κ3) is 4.50. The summed E-state index contributed by atoms with van der Waals surface area (Å²) >= 11 is 0. The van der Waals surface area contributed by atoms with Gasteiger partial charge in [0.05, 0.1) is 6.42 Å². The molecule has 3 rings (SSSR count). The number of nitrogens with one attached hydrogen (secondary N) is 2. The van der Waals surface area contributed by atoms with Crippen LogP contribution in [0.1, 0.15) is 28.3 Å². The van der Waals surface area contributed by atoms with Crippen LogP contribution < -0.4 is 5.32 Å². The lowest BCUT2D eigenvalue weighted by Crippen LogP contribution is -2.16. The number of benzene rings is 2. The second-order valence-electron chi connectivity index (χ2n) is 6.04. The summed E-state index contributed by atoms with van der Waals surface area (Å²) in [5.74, 6) is 0.629. The van der Waals surface area contributed by atoms with E-state index in [0.717, 1.165) is 22.4 Å². The molecule has 128 valence electrons. The Kier molecular flexibility index (Phi) is 4.88. The molecule has 0 saturated carbocycles. The Bertz CT molecular complexity index is 887. The lowest BCUT2D eigenvalue weighted by Gasteiger charge is -2.08. The van der Waals surface area contributed by atoms with Gasteiger partial charge in [0.2, 0.25) is 5.91 Å². The number of hydrogen-bond acceptors (Lipinski definition) is 3. The molecule has 0 radical (unpaired) electrons. The van der Waals surface area contributed by atoms with Gasteiger partial charge >= 0.3 is 0 Å². The van der Waals surface area contributed by atoms with Gasteiger partial charge in [-0.1, -0.05) is 29.8 Å². The first kappa shape index (κ1) is 16.8. The van der Waals surface area contributed by atoms with E-state index in [9.17, 15) is 9.18 Å². The van der Waals surface area contributed by atoms with Crippen molar-refractivity contribution in [1.82, 2.24) is 15.2 Å². The molecule has 0 aliphatic rings. The fraction of sp³-hybridized carbons (Fsp3) is 0.211. The van der Waals surface area contributed by atoms with Crippen molar-refractivity contribution in [3.8, 4) is 0 Å². The number of rotatable bonds is 5. The number of aromatic nitrogens is 3. The van der Waals surface area contributed by atoms with Gasteiger partial charge in [-0.25, -0.2) is 9.37 Å². The molecular weight excluding hydrogens is 319 g/mol. The van der Waals surface area contributed by atoms with E-state index in [1.54, 1.807) is 12.1 Å². The average Bonchev–Trinajstić information content (AvgIpc) is 2.99. The van der Waals surface area contributed by atoms with Gasteiger partial charge in [0.15, 0.2) is 5.82 Å². The molecule has 25 heavy (non-hydrogen) atoms. The van der Waals surface area contributed by atoms with E-state index in [0.29, 0.717) is 18.1 Å². The number of aromatic amines is 1. The molecule has 1 aromatic heterocycles. The molecule has 2 aromatic carbocycles. The molecule has 0 spiro atoms. The smallest absolute Gasteiger partial charge is 0.232 e. The third-order valence-electron chi connectivity index (χ3n) is 3.84. The van der Waals surface area contributed by atoms with Crippen LogP contribution in [0.4, 0.5) is 10.1 Å². The zero-order valence-corrected chi connectivity index (χ0v) is 14.1. The van der Waals surface area contributed by atoms with Gasteiger partial charge in [0.1, 0.15) is 11.6 Å². The lowest BCUT2D eigenvalue weighted by atomic mass is 10.1. The summed E-state index contributed by atoms with van der Waals surface area (Å²) in [5.41, 5.74) is 3.87. The first-order valence-corrected chi connectivity index (χ1v) is 8.01. The monoisotopic (exact) mass is 338 g/mol. The zero-order valence-electron chi connectivity index (χ0n) is 14.1. The summed E-state index contributed by atoms with van der Waals surface area (Å²) in [6.45, 7) is 3.96. The molecule has 0 saturated heterocycles. The summed E-state index contributed by atoms with van der Waals surface area (Å²) in [6.07, 6.45) is 0.596. The minimum Gasteiger partial charge on any atom is -0.325 e. The second-order valence-corrected chi connectivity index (χ2v) is 6.04. The van der Waals surface area contributed by atoms with Crippen LogP contribution in [0.5, 0.6) is 0 Å². The molecule has 0 fully saturated rings. The van der Waals surface area contributed by atoms with Gasteiger partial charge in [-0.15, -0.1) is 0 Å². The Labute approximate surface area is 145 Å². The van der Waals surface area contributed by atoms with Crippen LogP contribution in [0.25, 0.3) is 0 Å². The fourth-order valence-corrected chi connectivity index (χ4v) is 2.58. The first-order chi connectivity index (χ1) is 12.0. The molecule has 1 heterocycles. The van der Waals surface area contributed by atoms with E-state index in [4.69, 9.17) is 0 Å². The first-order valence-electron chi connectivity index (χ1n) is 8.01. The summed E-state index contributed by atoms with van der Waals surface area (Å²) in [7, 11) is 0. The number of amides is 1. The zero-order chi connectivity index (χ0) is 17.8. The van der Waals surface area contributed by atoms with E-state index >= 15 is 0 Å². The highest BCUT2D eigenvalue weighted by atomic mass is 19.1. The van der Waals surface area contributed by atoms with E-state index in [-0.39, 0.29) is 18.1 Å². The van der Waals surface area contributed by atoms with Crippen LogP contribution in [-0.4, -0.2) is 21.1 Å². The molecule has 0 unspecified atom stereocenters. The molecule has 3 aromatic rings. The summed E-state index contributed by atoms with van der Waals surface area (Å²) < 4.78 is 12.9. The number of carbonyl (C=O) groups is 1. The van der Waals surface area contributed by atoms with Crippen molar-refractivity contribution in [2.24, 2.45) is 0 Å². The minimum atomic E-state index is -0.273. The summed E-state index contributed by atoms with van der Waals surface area (Å²) in [6, 6.07) is 12.1. The number of anilines is 1. The topological polar surface area (TPSA) is 70.7 Å². The molecule has 5 nitrogen and oxygen atoms in total. The van der Waals surface area contributed by atoms with Crippen LogP contribution in [0, 0.1) is 19.7 Å². The normalized spacial score (nSPS) is 10.7. The molecule has 1 amide bonds. The van der Waals surface area contributed by atoms with Gasteiger partial charge in [-0.2, -0.15) is 5.10 Å². The predicted octanol–water partition coefficient (Wildman–Crippen LogP) is 3.33. The van der Waals surface area contributed by atoms with Crippen LogP contribution in [0.15, 0.2) is 42.5 Å². The van der Waals surface area contributed by atoms with Gasteiger partial charge in [0, 0.05) is 12.1 Å². The Morgan fingerprint density at radius 3 is 2.64 bits per heavy atom. The van der Waals surface area contributed by atoms with Crippen LogP contribution in [-0.2, 0) is 17.6 Å². The molecule has 6 heteroatoms. The van der Waals surface area contributed by atoms with Crippen molar-refractivity contribution < 1.29 is 9.18 Å². The number of H-pyrrole nitrogens is 1. The van der Waals surface area contributed by atoms with Gasteiger partial charge in [0.25, 0.3) is 0 Å². The number of aryl methyl sites for hydroxylation is 2. The highest BCUT2D eigenvalue weighted by Crippen LogP contribution is 2.16. The SMILES string of the molecule is Cc1ccc(NC(=O)Cc2n[nH]c(Cc3ccc(F)cc3)n2)c(C)c1. The van der Waals surface area contributed by atoms with Crippen molar-refractivity contribution in [2.45, 2.75) is 26.7 Å². The Balaban J connectivity index is 1.60. The van der Waals surface area contributed by atoms with Crippen LogP contribution in [0.2, 0.25) is 0 Å². The maximum atomic E-state index is 12.9. The molecule has 0 bridgehead atoms. The van der Waals surface area contributed by atoms with E-state index in [2.05, 4.69) is 20.5 Å². The quantitative estimate of drug-likeness (QED) is 0.749. The predicted molar refractivity (Wildman–Crippen MR) is 93.8 cm³/mol. The summed E-state index contributed by atoms with van der Waals surface area (Å²) in [4.78, 5) is 16.5. The number of carbonyl (C=O) groups excluding carboxylic acids is 1. The Morgan fingerprint density at radius 1 is 1.16 bits per heavy atom. The molecular formula is C19H19FN4O. The third-order valence-corrected chi connectivity index (χ3v) is 3.84. The summed E-state index contributed by atoms with van der Waals surface area (Å²) in [5, 5.41) is 9.78. The minimum absolute atomic E-state index is 0.0905. The van der Waals surface area contributed by atoms with Crippen LogP contribution >= 0.6 is 0 Å². The van der Waals surface area contributed by atoms with Gasteiger partial charge in [-0.3, -0.25) is 9.89 Å². The maximum absolute atomic E-state index is 12.9. The largest absolute Gasteiger partial charge is 0.325 e.